The number of hydrogen-bond acceptors (Lipinski definition) is 5. The zero-order valence-electron chi connectivity index (χ0n) is 16.0. The van der Waals surface area contributed by atoms with Crippen LogP contribution in [0.2, 0.25) is 0 Å². The largest absolute Gasteiger partial charge is 0.390 e. The first kappa shape index (κ1) is 19.9. The lowest BCUT2D eigenvalue weighted by molar-refractivity contribution is -0.133. The second-order valence-corrected chi connectivity index (χ2v) is 6.97. The molecule has 158 valence electrons. The van der Waals surface area contributed by atoms with Crippen LogP contribution >= 0.6 is 0 Å². The van der Waals surface area contributed by atoms with Crippen LogP contribution in [0.25, 0.3) is 11.0 Å². The smallest absolute Gasteiger partial charge is 0.351 e. The molecule has 2 N–H and O–H groups in total. The summed E-state index contributed by atoms with van der Waals surface area (Å²) in [5.74, 6) is 0.112. The maximum absolute atomic E-state index is 12.6. The molecule has 0 fully saturated rings. The molecule has 0 aliphatic carbocycles. The van der Waals surface area contributed by atoms with Crippen molar-refractivity contribution in [1.82, 2.24) is 30.0 Å². The number of aromatic amines is 1. The molecule has 0 spiro atoms. The molecular weight excluding hydrogens is 399 g/mol. The summed E-state index contributed by atoms with van der Waals surface area (Å²) in [6.07, 6.45) is 0.101. The monoisotopic (exact) mass is 419 g/mol. The van der Waals surface area contributed by atoms with E-state index in [1.54, 1.807) is 17.0 Å². The van der Waals surface area contributed by atoms with Gasteiger partial charge in [-0.3, -0.25) is 9.48 Å². The maximum atomic E-state index is 12.6. The highest BCUT2D eigenvalue weighted by atomic mass is 19.4. The van der Waals surface area contributed by atoms with E-state index in [1.165, 1.54) is 6.33 Å². The first-order chi connectivity index (χ1) is 14.4. The number of allylic oxidation sites excluding steroid dienone is 1. The number of carbonyl (C=O) groups excluding carboxylic acids is 1. The van der Waals surface area contributed by atoms with Crippen molar-refractivity contribution in [2.24, 2.45) is 0 Å². The number of alkyl halides is 3. The lowest BCUT2D eigenvalue weighted by Gasteiger charge is -2.29. The topological polar surface area (TPSA) is 91.7 Å². The van der Waals surface area contributed by atoms with Crippen LogP contribution in [-0.2, 0) is 19.5 Å². The second-order valence-electron chi connectivity index (χ2n) is 6.97. The van der Waals surface area contributed by atoms with Gasteiger partial charge in [-0.05, 0) is 6.07 Å². The van der Waals surface area contributed by atoms with Crippen molar-refractivity contribution in [2.75, 3.05) is 18.0 Å². The molecule has 0 radical (unpaired) electrons. The molecule has 4 rings (SSSR count). The third-order valence-corrected chi connectivity index (χ3v) is 4.98. The van der Waals surface area contributed by atoms with Gasteiger partial charge in [-0.25, -0.2) is 9.97 Å². The minimum absolute atomic E-state index is 0.137. The Labute approximate surface area is 169 Å². The summed E-state index contributed by atoms with van der Waals surface area (Å²) in [6.45, 7) is 4.65. The summed E-state index contributed by atoms with van der Waals surface area (Å²) in [7, 11) is 0. The Morgan fingerprint density at radius 3 is 2.97 bits per heavy atom. The number of H-pyrrole nitrogens is 1. The van der Waals surface area contributed by atoms with Gasteiger partial charge in [0.2, 0.25) is 0 Å². The number of amides is 1. The van der Waals surface area contributed by atoms with E-state index in [4.69, 9.17) is 0 Å². The van der Waals surface area contributed by atoms with E-state index in [0.29, 0.717) is 37.3 Å². The van der Waals surface area contributed by atoms with Gasteiger partial charge < -0.3 is 15.2 Å². The van der Waals surface area contributed by atoms with Gasteiger partial charge in [0.05, 0.1) is 18.4 Å². The molecular formula is C19H20F3N7O. The van der Waals surface area contributed by atoms with Crippen LogP contribution < -0.4 is 10.2 Å². The fourth-order valence-electron chi connectivity index (χ4n) is 3.64. The number of halogens is 3. The van der Waals surface area contributed by atoms with Gasteiger partial charge >= 0.3 is 6.18 Å². The molecule has 8 nitrogen and oxygen atoms in total. The van der Waals surface area contributed by atoms with E-state index in [0.717, 1.165) is 16.9 Å². The van der Waals surface area contributed by atoms with Crippen molar-refractivity contribution in [1.29, 1.82) is 0 Å². The fraction of sp³-hybridized carbons (Fsp3) is 0.368. The van der Waals surface area contributed by atoms with Crippen LogP contribution in [-0.4, -0.2) is 49.9 Å². The van der Waals surface area contributed by atoms with Crippen LogP contribution in [0.15, 0.2) is 31.2 Å². The molecule has 1 aliphatic heterocycles. The highest BCUT2D eigenvalue weighted by Gasteiger charge is 2.30. The molecule has 0 unspecified atom stereocenters. The van der Waals surface area contributed by atoms with Crippen molar-refractivity contribution >= 4 is 22.8 Å². The zero-order chi connectivity index (χ0) is 21.3. The number of rotatable bonds is 6. The molecule has 4 heterocycles. The number of hydrogen-bond donors (Lipinski definition) is 2. The van der Waals surface area contributed by atoms with E-state index >= 15 is 0 Å². The van der Waals surface area contributed by atoms with E-state index in [-0.39, 0.29) is 5.69 Å². The number of fused-ring (bicyclic) bond motifs is 2. The Hall–Kier alpha value is -3.37. The predicted molar refractivity (Wildman–Crippen MR) is 104 cm³/mol. The zero-order valence-corrected chi connectivity index (χ0v) is 16.0. The number of nitrogens with zero attached hydrogens (tertiary/aromatic N) is 5. The highest BCUT2D eigenvalue weighted by Crippen LogP contribution is 2.29. The van der Waals surface area contributed by atoms with E-state index in [1.807, 2.05) is 11.0 Å². The van der Waals surface area contributed by atoms with Gasteiger partial charge in [-0.2, -0.15) is 18.3 Å². The van der Waals surface area contributed by atoms with Crippen LogP contribution in [0, 0.1) is 0 Å². The standard InChI is InChI=1S/C19H20F3N7O/c1-2-8-29-14-4-9-28(17-12-3-6-23-16(12)25-11-26-17)10-13(14)15(27-29)18(30)24-7-5-19(20,21)22/h2-3,6,11H,1,4-5,7-10H2,(H,24,30)(H,23,25,26). The Morgan fingerprint density at radius 1 is 1.37 bits per heavy atom. The number of aromatic nitrogens is 5. The predicted octanol–water partition coefficient (Wildman–Crippen LogP) is 2.59. The van der Waals surface area contributed by atoms with Crippen LogP contribution in [0.1, 0.15) is 28.2 Å². The molecule has 0 saturated heterocycles. The van der Waals surface area contributed by atoms with Crippen molar-refractivity contribution in [3.63, 3.8) is 0 Å². The van der Waals surface area contributed by atoms with E-state index < -0.39 is 25.0 Å². The Morgan fingerprint density at radius 2 is 2.20 bits per heavy atom. The minimum Gasteiger partial charge on any atom is -0.351 e. The van der Waals surface area contributed by atoms with Crippen LogP contribution in [0.5, 0.6) is 0 Å². The molecule has 1 aliphatic rings. The highest BCUT2D eigenvalue weighted by molar-refractivity contribution is 5.94. The van der Waals surface area contributed by atoms with Crippen molar-refractivity contribution in [3.05, 3.63) is 48.2 Å². The quantitative estimate of drug-likeness (QED) is 0.600. The van der Waals surface area contributed by atoms with Gasteiger partial charge in [0.15, 0.2) is 5.69 Å². The summed E-state index contributed by atoms with van der Waals surface area (Å²) in [6, 6.07) is 1.88. The van der Waals surface area contributed by atoms with Gasteiger partial charge in [0, 0.05) is 43.5 Å². The molecule has 0 bridgehead atoms. The van der Waals surface area contributed by atoms with Gasteiger partial charge in [-0.1, -0.05) is 6.08 Å². The summed E-state index contributed by atoms with van der Waals surface area (Å²) in [5, 5.41) is 7.55. The Balaban J connectivity index is 1.62. The van der Waals surface area contributed by atoms with E-state index in [9.17, 15) is 18.0 Å². The SMILES string of the molecule is C=CCn1nc(C(=O)NCCC(F)(F)F)c2c1CCN(c1ncnc3[nH]ccc13)C2. The maximum Gasteiger partial charge on any atom is 0.390 e. The normalized spacial score (nSPS) is 14.0. The van der Waals surface area contributed by atoms with Crippen LogP contribution in [0.3, 0.4) is 0 Å². The number of carbonyl (C=O) groups is 1. The lowest BCUT2D eigenvalue weighted by atomic mass is 10.0. The van der Waals surface area contributed by atoms with E-state index in [2.05, 4.69) is 31.9 Å². The number of nitrogens with one attached hydrogen (secondary N) is 2. The molecule has 30 heavy (non-hydrogen) atoms. The van der Waals surface area contributed by atoms with Crippen molar-refractivity contribution in [2.45, 2.75) is 32.1 Å². The molecule has 1 amide bonds. The fourth-order valence-corrected chi connectivity index (χ4v) is 3.64. The Bertz CT molecular complexity index is 1090. The molecule has 11 heteroatoms. The second kappa shape index (κ2) is 7.81. The molecule has 0 atom stereocenters. The Kier molecular flexibility index (Phi) is 5.18. The number of anilines is 1. The minimum atomic E-state index is -4.33. The average molecular weight is 419 g/mol. The van der Waals surface area contributed by atoms with Crippen LogP contribution in [0.4, 0.5) is 19.0 Å². The summed E-state index contributed by atoms with van der Waals surface area (Å²) in [4.78, 5) is 26.3. The molecule has 3 aromatic heterocycles. The first-order valence-corrected chi connectivity index (χ1v) is 9.45. The van der Waals surface area contributed by atoms with Crippen molar-refractivity contribution < 1.29 is 18.0 Å². The van der Waals surface area contributed by atoms with Crippen molar-refractivity contribution in [3.8, 4) is 0 Å². The molecule has 3 aromatic rings. The first-order valence-electron chi connectivity index (χ1n) is 9.45. The van der Waals surface area contributed by atoms with Gasteiger partial charge in [0.1, 0.15) is 17.8 Å². The summed E-state index contributed by atoms with van der Waals surface area (Å²) in [5.41, 5.74) is 2.41. The molecule has 0 saturated carbocycles. The van der Waals surface area contributed by atoms with Gasteiger partial charge in [0.25, 0.3) is 5.91 Å². The average Bonchev–Trinajstić information content (AvgIpc) is 3.31. The molecule has 0 aromatic carbocycles. The lowest BCUT2D eigenvalue weighted by Crippen LogP contribution is -2.34. The third kappa shape index (κ3) is 3.87. The summed E-state index contributed by atoms with van der Waals surface area (Å²) < 4.78 is 39.0. The third-order valence-electron chi connectivity index (χ3n) is 4.98. The summed E-state index contributed by atoms with van der Waals surface area (Å²) >= 11 is 0. The van der Waals surface area contributed by atoms with Gasteiger partial charge in [-0.15, -0.1) is 6.58 Å².